The maximum absolute atomic E-state index is 13.6. The normalized spacial score (nSPS) is 13.8. The van der Waals surface area contributed by atoms with Gasteiger partial charge >= 0.3 is 0 Å². The maximum atomic E-state index is 13.6. The minimum atomic E-state index is -0.796. The van der Waals surface area contributed by atoms with Crippen molar-refractivity contribution in [2.45, 2.75) is 31.8 Å². The first-order chi connectivity index (χ1) is 20.8. The van der Waals surface area contributed by atoms with Gasteiger partial charge in [-0.05, 0) is 41.5 Å². The summed E-state index contributed by atoms with van der Waals surface area (Å²) in [5, 5.41) is 6.74. The molecule has 4 rings (SSSR count). The number of amides is 3. The number of rotatable bonds is 12. The van der Waals surface area contributed by atoms with Crippen LogP contribution in [0, 0.1) is 0 Å². The molecule has 228 valence electrons. The molecule has 43 heavy (non-hydrogen) atoms. The second-order valence-electron chi connectivity index (χ2n) is 10.2. The van der Waals surface area contributed by atoms with Gasteiger partial charge in [0.05, 0.1) is 13.5 Å². The van der Waals surface area contributed by atoms with Gasteiger partial charge in [-0.15, -0.1) is 0 Å². The molecule has 1 fully saturated rings. The number of methoxy groups -OCH3 is 1. The molecule has 0 aliphatic carbocycles. The van der Waals surface area contributed by atoms with Crippen LogP contribution in [0.2, 0.25) is 10.0 Å². The molecule has 0 bridgehead atoms. The number of hydrogen-bond donors (Lipinski definition) is 3. The molecule has 0 unspecified atom stereocenters. The Bertz CT molecular complexity index is 1410. The van der Waals surface area contributed by atoms with E-state index >= 15 is 0 Å². The number of nitrogens with zero attached hydrogens (tertiary/aromatic N) is 3. The Hall–Kier alpha value is -3.86. The highest BCUT2D eigenvalue weighted by molar-refractivity contribution is 6.35. The monoisotopic (exact) mass is 626 g/mol. The van der Waals surface area contributed by atoms with Crippen LogP contribution in [-0.2, 0) is 33.8 Å². The molecule has 1 aliphatic heterocycles. The van der Waals surface area contributed by atoms with Gasteiger partial charge in [-0.1, -0.05) is 47.5 Å². The van der Waals surface area contributed by atoms with Gasteiger partial charge in [0.2, 0.25) is 17.7 Å². The van der Waals surface area contributed by atoms with Gasteiger partial charge in [-0.2, -0.15) is 0 Å². The Kier molecular flexibility index (Phi) is 11.6. The average Bonchev–Trinajstić information content (AvgIpc) is 3.01. The van der Waals surface area contributed by atoms with E-state index in [1.807, 2.05) is 36.4 Å². The first-order valence-corrected chi connectivity index (χ1v) is 14.8. The van der Waals surface area contributed by atoms with E-state index in [0.29, 0.717) is 48.3 Å². The van der Waals surface area contributed by atoms with Crippen molar-refractivity contribution >= 4 is 46.7 Å². The molecular weight excluding hydrogens is 591 g/mol. The predicted molar refractivity (Wildman–Crippen MR) is 167 cm³/mol. The number of ether oxygens (including phenoxy) is 1. The molecular formula is C31H36Cl2N6O4. The molecule has 10 nitrogen and oxygen atoms in total. The summed E-state index contributed by atoms with van der Waals surface area (Å²) < 4.78 is 5.17. The van der Waals surface area contributed by atoms with Gasteiger partial charge in [0.25, 0.3) is 0 Å². The highest BCUT2D eigenvalue weighted by Crippen LogP contribution is 2.24. The third-order valence-corrected chi connectivity index (χ3v) is 7.79. The second-order valence-corrected chi connectivity index (χ2v) is 11.0. The van der Waals surface area contributed by atoms with E-state index in [9.17, 15) is 14.4 Å². The van der Waals surface area contributed by atoms with Crippen LogP contribution in [0.3, 0.4) is 0 Å². The Morgan fingerprint density at radius 3 is 2.42 bits per heavy atom. The lowest BCUT2D eigenvalue weighted by Gasteiger charge is -2.37. The molecule has 12 heteroatoms. The molecule has 2 aromatic carbocycles. The molecule has 3 amide bonds. The molecule has 1 atom stereocenters. The fraction of sp³-hybridized carbons (Fsp3) is 0.355. The minimum absolute atomic E-state index is 0.0982. The van der Waals surface area contributed by atoms with Crippen LogP contribution in [0.25, 0.3) is 0 Å². The van der Waals surface area contributed by atoms with Gasteiger partial charge in [-0.25, -0.2) is 4.98 Å². The second kappa shape index (κ2) is 15.6. The Balaban J connectivity index is 1.36. The van der Waals surface area contributed by atoms with Gasteiger partial charge in [-0.3, -0.25) is 14.4 Å². The number of halogens is 2. The standard InChI is InChI=1S/C31H36Cl2N6O4/c1-43-25-8-4-21(5-9-25)17-29(41)36-20-23-3-2-12-35-30(23)38-13-15-39(16-14-38)31(42)27(37-28(40)10-11-34)18-22-6-7-24(32)19-26(22)33/h2-9,12,19,27H,10-11,13-18,20,34H2,1H3,(H,36,41)(H,37,40)/t27-/m1/s1. The molecule has 2 heterocycles. The lowest BCUT2D eigenvalue weighted by molar-refractivity contribution is -0.136. The Morgan fingerprint density at radius 1 is 1.00 bits per heavy atom. The maximum Gasteiger partial charge on any atom is 0.245 e. The predicted octanol–water partition coefficient (Wildman–Crippen LogP) is 2.98. The SMILES string of the molecule is COc1ccc(CC(=O)NCc2cccnc2N2CCN(C(=O)[C@@H](Cc3ccc(Cl)cc3Cl)NC(=O)CCN)CC2)cc1. The molecule has 0 radical (unpaired) electrons. The summed E-state index contributed by atoms with van der Waals surface area (Å²) in [6, 6.07) is 15.5. The van der Waals surface area contributed by atoms with Crippen LogP contribution < -0.4 is 26.0 Å². The van der Waals surface area contributed by atoms with E-state index in [2.05, 4.69) is 20.5 Å². The van der Waals surface area contributed by atoms with Crippen molar-refractivity contribution in [3.63, 3.8) is 0 Å². The molecule has 3 aromatic rings. The van der Waals surface area contributed by atoms with Crippen molar-refractivity contribution in [1.29, 1.82) is 0 Å². The highest BCUT2D eigenvalue weighted by atomic mass is 35.5. The van der Waals surface area contributed by atoms with E-state index in [-0.39, 0.29) is 43.5 Å². The number of aromatic nitrogens is 1. The number of carbonyl (C=O) groups is 3. The smallest absolute Gasteiger partial charge is 0.245 e. The van der Waals surface area contributed by atoms with Crippen LogP contribution in [0.15, 0.2) is 60.8 Å². The van der Waals surface area contributed by atoms with Gasteiger partial charge in [0.1, 0.15) is 17.6 Å². The zero-order valence-corrected chi connectivity index (χ0v) is 25.5. The Labute approximate surface area is 261 Å². The van der Waals surface area contributed by atoms with E-state index in [1.165, 1.54) is 0 Å². The van der Waals surface area contributed by atoms with Crippen molar-refractivity contribution in [3.8, 4) is 5.75 Å². The summed E-state index contributed by atoms with van der Waals surface area (Å²) in [4.78, 5) is 47.1. The fourth-order valence-electron chi connectivity index (χ4n) is 4.90. The zero-order chi connectivity index (χ0) is 30.8. The summed E-state index contributed by atoms with van der Waals surface area (Å²) in [7, 11) is 1.60. The number of nitrogens with two attached hydrogens (primary N) is 1. The highest BCUT2D eigenvalue weighted by Gasteiger charge is 2.30. The number of nitrogens with one attached hydrogen (secondary N) is 2. The topological polar surface area (TPSA) is 130 Å². The number of piperazine rings is 1. The first-order valence-electron chi connectivity index (χ1n) is 14.1. The first kappa shape index (κ1) is 32.1. The van der Waals surface area contributed by atoms with E-state index < -0.39 is 6.04 Å². The van der Waals surface area contributed by atoms with Crippen LogP contribution >= 0.6 is 23.2 Å². The molecule has 1 aliphatic rings. The summed E-state index contributed by atoms with van der Waals surface area (Å²) in [5.41, 5.74) is 8.04. The quantitative estimate of drug-likeness (QED) is 0.282. The summed E-state index contributed by atoms with van der Waals surface area (Å²) in [5.74, 6) is 0.919. The summed E-state index contributed by atoms with van der Waals surface area (Å²) >= 11 is 12.4. The van der Waals surface area contributed by atoms with Crippen molar-refractivity contribution in [2.24, 2.45) is 5.73 Å². The van der Waals surface area contributed by atoms with Gasteiger partial charge < -0.3 is 30.9 Å². The number of benzene rings is 2. The number of anilines is 1. The third-order valence-electron chi connectivity index (χ3n) is 7.20. The van der Waals surface area contributed by atoms with E-state index in [4.69, 9.17) is 33.7 Å². The van der Waals surface area contributed by atoms with Crippen LogP contribution in [0.4, 0.5) is 5.82 Å². The lowest BCUT2D eigenvalue weighted by atomic mass is 10.0. The van der Waals surface area contributed by atoms with Crippen molar-refractivity contribution in [2.75, 3.05) is 44.7 Å². The van der Waals surface area contributed by atoms with Crippen molar-refractivity contribution < 1.29 is 19.1 Å². The lowest BCUT2D eigenvalue weighted by Crippen LogP contribution is -2.56. The zero-order valence-electron chi connectivity index (χ0n) is 24.0. The molecule has 4 N–H and O–H groups in total. The Morgan fingerprint density at radius 2 is 1.74 bits per heavy atom. The average molecular weight is 628 g/mol. The molecule has 1 aromatic heterocycles. The molecule has 0 spiro atoms. The summed E-state index contributed by atoms with van der Waals surface area (Å²) in [6.45, 7) is 2.48. The largest absolute Gasteiger partial charge is 0.497 e. The van der Waals surface area contributed by atoms with Crippen molar-refractivity contribution in [3.05, 3.63) is 87.5 Å². The van der Waals surface area contributed by atoms with Crippen LogP contribution in [0.1, 0.15) is 23.1 Å². The third kappa shape index (κ3) is 9.06. The van der Waals surface area contributed by atoms with Crippen molar-refractivity contribution in [1.82, 2.24) is 20.5 Å². The van der Waals surface area contributed by atoms with Crippen LogP contribution in [-0.4, -0.2) is 73.5 Å². The number of carbonyl (C=O) groups excluding carboxylic acids is 3. The fourth-order valence-corrected chi connectivity index (χ4v) is 5.39. The summed E-state index contributed by atoms with van der Waals surface area (Å²) in [6.07, 6.45) is 2.32. The van der Waals surface area contributed by atoms with Gasteiger partial charge in [0.15, 0.2) is 0 Å². The molecule has 0 saturated carbocycles. The van der Waals surface area contributed by atoms with E-state index in [1.54, 1.807) is 36.4 Å². The van der Waals surface area contributed by atoms with E-state index in [0.717, 1.165) is 22.7 Å². The number of pyridine rings is 1. The molecule has 1 saturated heterocycles. The number of hydrogen-bond acceptors (Lipinski definition) is 7. The van der Waals surface area contributed by atoms with Crippen LogP contribution in [0.5, 0.6) is 5.75 Å². The van der Waals surface area contributed by atoms with Gasteiger partial charge in [0, 0.05) is 73.9 Å². The minimum Gasteiger partial charge on any atom is -0.497 e.